The minimum absolute atomic E-state index is 0.0187. The first-order valence-corrected chi connectivity index (χ1v) is 5.45. The van der Waals surface area contributed by atoms with Crippen LogP contribution in [-0.4, -0.2) is 18.3 Å². The van der Waals surface area contributed by atoms with Crippen molar-refractivity contribution in [1.29, 1.82) is 0 Å². The first-order valence-electron chi connectivity index (χ1n) is 5.45. The van der Waals surface area contributed by atoms with E-state index in [9.17, 15) is 9.59 Å². The Labute approximate surface area is 101 Å². The van der Waals surface area contributed by atoms with Gasteiger partial charge < -0.3 is 10.5 Å². The Morgan fingerprint density at radius 3 is 2.53 bits per heavy atom. The van der Waals surface area contributed by atoms with Gasteiger partial charge in [0.05, 0.1) is 12.5 Å². The van der Waals surface area contributed by atoms with Crippen molar-refractivity contribution in [3.05, 3.63) is 29.3 Å². The van der Waals surface area contributed by atoms with Crippen molar-refractivity contribution < 1.29 is 14.3 Å². The Kier molecular flexibility index (Phi) is 4.26. The largest absolute Gasteiger partial charge is 0.493 e. The lowest BCUT2D eigenvalue weighted by atomic mass is 10.1. The molecule has 0 aliphatic heterocycles. The molecule has 0 aromatic heterocycles. The Morgan fingerprint density at radius 1 is 1.41 bits per heavy atom. The van der Waals surface area contributed by atoms with Gasteiger partial charge in [-0.25, -0.2) is 0 Å². The third kappa shape index (κ3) is 3.59. The molecule has 92 valence electrons. The molecule has 0 heterocycles. The molecule has 0 saturated heterocycles. The van der Waals surface area contributed by atoms with Gasteiger partial charge in [-0.2, -0.15) is 0 Å². The van der Waals surface area contributed by atoms with Gasteiger partial charge in [-0.1, -0.05) is 6.92 Å². The molecule has 0 aliphatic carbocycles. The highest BCUT2D eigenvalue weighted by Crippen LogP contribution is 2.20. The molecule has 1 atom stereocenters. The number of benzene rings is 1. The van der Waals surface area contributed by atoms with Gasteiger partial charge in [0.25, 0.3) is 0 Å². The lowest BCUT2D eigenvalue weighted by Gasteiger charge is -2.12. The highest BCUT2D eigenvalue weighted by Gasteiger charge is 2.10. The molecular formula is C13H17NO3. The van der Waals surface area contributed by atoms with Crippen LogP contribution in [0.3, 0.4) is 0 Å². The van der Waals surface area contributed by atoms with Gasteiger partial charge in [-0.05, 0) is 37.6 Å². The summed E-state index contributed by atoms with van der Waals surface area (Å²) >= 11 is 0. The van der Waals surface area contributed by atoms with Crippen molar-refractivity contribution in [2.75, 3.05) is 6.61 Å². The van der Waals surface area contributed by atoms with E-state index in [4.69, 9.17) is 10.5 Å². The first-order chi connectivity index (χ1) is 7.91. The SMILES string of the molecule is CC(=O)c1ccc(OCC(C)C(N)=O)c(C)c1. The Bertz CT molecular complexity index is 440. The van der Waals surface area contributed by atoms with E-state index in [1.807, 2.05) is 6.92 Å². The molecular weight excluding hydrogens is 218 g/mol. The smallest absolute Gasteiger partial charge is 0.223 e. The number of hydrogen-bond acceptors (Lipinski definition) is 3. The van der Waals surface area contributed by atoms with E-state index in [0.717, 1.165) is 5.56 Å². The zero-order valence-electron chi connectivity index (χ0n) is 10.3. The quantitative estimate of drug-likeness (QED) is 0.790. The molecule has 4 heteroatoms. The van der Waals surface area contributed by atoms with Crippen LogP contribution >= 0.6 is 0 Å². The Balaban J connectivity index is 2.73. The molecule has 0 aliphatic rings. The zero-order chi connectivity index (χ0) is 13.0. The summed E-state index contributed by atoms with van der Waals surface area (Å²) in [7, 11) is 0. The van der Waals surface area contributed by atoms with Crippen molar-refractivity contribution in [2.24, 2.45) is 11.7 Å². The molecule has 0 radical (unpaired) electrons. The van der Waals surface area contributed by atoms with Crippen molar-refractivity contribution in [3.63, 3.8) is 0 Å². The molecule has 0 fully saturated rings. The fourth-order valence-corrected chi connectivity index (χ4v) is 1.33. The van der Waals surface area contributed by atoms with Crippen LogP contribution in [0, 0.1) is 12.8 Å². The summed E-state index contributed by atoms with van der Waals surface area (Å²) in [4.78, 5) is 22.0. The lowest BCUT2D eigenvalue weighted by molar-refractivity contribution is -0.122. The number of carbonyl (C=O) groups excluding carboxylic acids is 2. The van der Waals surface area contributed by atoms with E-state index in [2.05, 4.69) is 0 Å². The average Bonchev–Trinajstić information content (AvgIpc) is 2.26. The predicted octanol–water partition coefficient (Wildman–Crippen LogP) is 1.70. The predicted molar refractivity (Wildman–Crippen MR) is 65.0 cm³/mol. The normalized spacial score (nSPS) is 11.9. The van der Waals surface area contributed by atoms with Gasteiger partial charge in [-0.3, -0.25) is 9.59 Å². The second-order valence-corrected chi connectivity index (χ2v) is 4.15. The molecule has 0 saturated carbocycles. The average molecular weight is 235 g/mol. The van der Waals surface area contributed by atoms with Crippen molar-refractivity contribution in [2.45, 2.75) is 20.8 Å². The molecule has 0 bridgehead atoms. The maximum Gasteiger partial charge on any atom is 0.223 e. The molecule has 17 heavy (non-hydrogen) atoms. The van der Waals surface area contributed by atoms with E-state index in [0.29, 0.717) is 11.3 Å². The first kappa shape index (κ1) is 13.2. The van der Waals surface area contributed by atoms with Crippen molar-refractivity contribution >= 4 is 11.7 Å². The molecule has 0 spiro atoms. The van der Waals surface area contributed by atoms with Crippen LogP contribution in [0.1, 0.15) is 29.8 Å². The number of primary amides is 1. The van der Waals surface area contributed by atoms with Crippen LogP contribution in [-0.2, 0) is 4.79 Å². The monoisotopic (exact) mass is 235 g/mol. The van der Waals surface area contributed by atoms with E-state index in [-0.39, 0.29) is 24.2 Å². The molecule has 1 aromatic carbocycles. The lowest BCUT2D eigenvalue weighted by Crippen LogP contribution is -2.25. The summed E-state index contributed by atoms with van der Waals surface area (Å²) in [6.45, 7) is 5.33. The Morgan fingerprint density at radius 2 is 2.06 bits per heavy atom. The topological polar surface area (TPSA) is 69.4 Å². The third-order valence-electron chi connectivity index (χ3n) is 2.56. The summed E-state index contributed by atoms with van der Waals surface area (Å²) in [5.74, 6) is -0.0295. The van der Waals surface area contributed by atoms with Crippen molar-refractivity contribution in [3.8, 4) is 5.75 Å². The number of ketones is 1. The van der Waals surface area contributed by atoms with E-state index in [1.54, 1.807) is 25.1 Å². The molecule has 1 unspecified atom stereocenters. The van der Waals surface area contributed by atoms with Crippen LogP contribution in [0.25, 0.3) is 0 Å². The summed E-state index contributed by atoms with van der Waals surface area (Å²) in [5, 5.41) is 0. The highest BCUT2D eigenvalue weighted by atomic mass is 16.5. The van der Waals surface area contributed by atoms with Crippen LogP contribution in [0.15, 0.2) is 18.2 Å². The maximum absolute atomic E-state index is 11.2. The van der Waals surface area contributed by atoms with E-state index in [1.165, 1.54) is 6.92 Å². The zero-order valence-corrected chi connectivity index (χ0v) is 10.3. The number of hydrogen-bond donors (Lipinski definition) is 1. The Hall–Kier alpha value is -1.84. The van der Waals surface area contributed by atoms with Gasteiger partial charge in [0.2, 0.25) is 5.91 Å². The summed E-state index contributed by atoms with van der Waals surface area (Å²) < 4.78 is 5.48. The number of Topliss-reactive ketones (excluding diaryl/α,β-unsaturated/α-hetero) is 1. The number of amides is 1. The summed E-state index contributed by atoms with van der Waals surface area (Å²) in [6.07, 6.45) is 0. The fraction of sp³-hybridized carbons (Fsp3) is 0.385. The minimum atomic E-state index is -0.386. The van der Waals surface area contributed by atoms with Crippen LogP contribution in [0.5, 0.6) is 5.75 Å². The van der Waals surface area contributed by atoms with Gasteiger partial charge in [0.1, 0.15) is 5.75 Å². The van der Waals surface area contributed by atoms with Gasteiger partial charge in [-0.15, -0.1) is 0 Å². The van der Waals surface area contributed by atoms with Gasteiger partial charge >= 0.3 is 0 Å². The number of ether oxygens (including phenoxy) is 1. The number of aryl methyl sites for hydroxylation is 1. The van der Waals surface area contributed by atoms with Crippen LogP contribution in [0.4, 0.5) is 0 Å². The van der Waals surface area contributed by atoms with Crippen molar-refractivity contribution in [1.82, 2.24) is 0 Å². The minimum Gasteiger partial charge on any atom is -0.493 e. The van der Waals surface area contributed by atoms with Gasteiger partial charge in [0, 0.05) is 5.56 Å². The fourth-order valence-electron chi connectivity index (χ4n) is 1.33. The third-order valence-corrected chi connectivity index (χ3v) is 2.56. The van der Waals surface area contributed by atoms with E-state index >= 15 is 0 Å². The summed E-state index contributed by atoms with van der Waals surface area (Å²) in [5.41, 5.74) is 6.66. The molecule has 4 nitrogen and oxygen atoms in total. The number of nitrogens with two attached hydrogens (primary N) is 1. The van der Waals surface area contributed by atoms with Gasteiger partial charge in [0.15, 0.2) is 5.78 Å². The maximum atomic E-state index is 11.2. The molecule has 1 aromatic rings. The van der Waals surface area contributed by atoms with Crippen LogP contribution < -0.4 is 10.5 Å². The number of carbonyl (C=O) groups is 2. The molecule has 2 N–H and O–H groups in total. The second kappa shape index (κ2) is 5.48. The van der Waals surface area contributed by atoms with E-state index < -0.39 is 0 Å². The highest BCUT2D eigenvalue weighted by molar-refractivity contribution is 5.94. The summed E-state index contributed by atoms with van der Waals surface area (Å²) in [6, 6.07) is 5.21. The standard InChI is InChI=1S/C13H17NO3/c1-8-6-11(10(3)15)4-5-12(8)17-7-9(2)13(14)16/h4-6,9H,7H2,1-3H3,(H2,14,16). The number of rotatable bonds is 5. The molecule has 1 amide bonds. The van der Waals surface area contributed by atoms with Crippen LogP contribution in [0.2, 0.25) is 0 Å². The second-order valence-electron chi connectivity index (χ2n) is 4.15. The molecule has 1 rings (SSSR count).